The van der Waals surface area contributed by atoms with Gasteiger partial charge >= 0.3 is 6.03 Å². The van der Waals surface area contributed by atoms with Crippen molar-refractivity contribution in [3.05, 3.63) is 89.5 Å². The van der Waals surface area contributed by atoms with E-state index < -0.39 is 6.10 Å². The van der Waals surface area contributed by atoms with Crippen LogP contribution in [0.3, 0.4) is 0 Å². The number of rotatable bonds is 4. The van der Waals surface area contributed by atoms with E-state index in [1.807, 2.05) is 60.4 Å². The fraction of sp³-hybridized carbons (Fsp3) is 0.286. The molecule has 0 unspecified atom stereocenters. The molecule has 2 atom stereocenters. The quantitative estimate of drug-likeness (QED) is 0.514. The molecule has 0 spiro atoms. The first-order valence-electron chi connectivity index (χ1n) is 11.9. The second kappa shape index (κ2) is 9.59. The third-order valence-corrected chi connectivity index (χ3v) is 6.60. The van der Waals surface area contributed by atoms with Gasteiger partial charge in [-0.25, -0.2) is 4.79 Å². The van der Waals surface area contributed by atoms with Crippen molar-refractivity contribution >= 4 is 23.3 Å². The van der Waals surface area contributed by atoms with Gasteiger partial charge in [0.05, 0.1) is 12.6 Å². The molecule has 2 N–H and O–H groups in total. The number of carbonyl (C=O) groups is 2. The zero-order valence-electron chi connectivity index (χ0n) is 19.3. The van der Waals surface area contributed by atoms with E-state index in [9.17, 15) is 9.59 Å². The molecule has 1 aliphatic heterocycles. The Hall–Kier alpha value is -3.80. The van der Waals surface area contributed by atoms with Gasteiger partial charge in [0.1, 0.15) is 5.75 Å². The monoisotopic (exact) mass is 455 g/mol. The average Bonchev–Trinajstić information content (AvgIpc) is 3.00. The van der Waals surface area contributed by atoms with Crippen LogP contribution in [0.4, 0.5) is 16.2 Å². The molecule has 5 rings (SSSR count). The summed E-state index contributed by atoms with van der Waals surface area (Å²) in [5.74, 6) is 0.720. The summed E-state index contributed by atoms with van der Waals surface area (Å²) < 4.78 is 6.16. The lowest BCUT2D eigenvalue weighted by atomic mass is 9.86. The Balaban J connectivity index is 1.42. The van der Waals surface area contributed by atoms with Crippen molar-refractivity contribution in [2.45, 2.75) is 51.3 Å². The van der Waals surface area contributed by atoms with Crippen LogP contribution in [0.5, 0.6) is 5.75 Å². The van der Waals surface area contributed by atoms with Crippen molar-refractivity contribution in [1.29, 1.82) is 0 Å². The molecule has 2 aliphatic rings. The molecule has 34 heavy (non-hydrogen) atoms. The van der Waals surface area contributed by atoms with Gasteiger partial charge in [-0.1, -0.05) is 49.4 Å². The summed E-state index contributed by atoms with van der Waals surface area (Å²) in [5, 5.41) is 5.73. The highest BCUT2D eigenvalue weighted by Gasteiger charge is 2.36. The van der Waals surface area contributed by atoms with Crippen LogP contribution < -0.4 is 15.4 Å². The third kappa shape index (κ3) is 4.49. The molecule has 0 radical (unpaired) electrons. The fourth-order valence-electron chi connectivity index (χ4n) is 4.93. The summed E-state index contributed by atoms with van der Waals surface area (Å²) in [6, 6.07) is 23.0. The molecule has 0 aromatic heterocycles. The number of para-hydroxylation sites is 1. The van der Waals surface area contributed by atoms with E-state index in [0.717, 1.165) is 30.5 Å². The van der Waals surface area contributed by atoms with E-state index >= 15 is 0 Å². The van der Waals surface area contributed by atoms with Gasteiger partial charge in [0.15, 0.2) is 6.10 Å². The normalized spacial score (nSPS) is 19.3. The summed E-state index contributed by atoms with van der Waals surface area (Å²) in [5.41, 5.74) is 4.82. The molecule has 3 aromatic carbocycles. The number of fused-ring (bicyclic) bond motifs is 2. The predicted octanol–water partition coefficient (Wildman–Crippen LogP) is 5.91. The fourth-order valence-corrected chi connectivity index (χ4v) is 4.93. The van der Waals surface area contributed by atoms with Crippen molar-refractivity contribution in [2.24, 2.45) is 0 Å². The molecule has 1 aliphatic carbocycles. The Kier molecular flexibility index (Phi) is 6.21. The number of nitrogens with one attached hydrogen (secondary N) is 2. The van der Waals surface area contributed by atoms with Gasteiger partial charge in [-0.2, -0.15) is 0 Å². The molecule has 3 aromatic rings. The van der Waals surface area contributed by atoms with Crippen LogP contribution in [0.15, 0.2) is 72.8 Å². The zero-order valence-corrected chi connectivity index (χ0v) is 19.3. The van der Waals surface area contributed by atoms with E-state index in [-0.39, 0.29) is 18.0 Å². The standard InChI is InChI=1S/C28H29N3O3/c1-2-25-27(32)31(24-14-8-10-19-9-6-7-13-23(19)24)18-20-17-22(15-16-26(20)34-25)30-28(33)29-21-11-4-3-5-12-21/h3-7,9,11-13,15-17,24-25H,2,8,10,14,18H2,1H3,(H2,29,30,33)/t24-,25+/m0/s1. The molecule has 0 saturated heterocycles. The minimum atomic E-state index is -0.518. The van der Waals surface area contributed by atoms with Gasteiger partial charge in [0.25, 0.3) is 5.91 Å². The second-order valence-corrected chi connectivity index (χ2v) is 8.86. The number of aryl methyl sites for hydroxylation is 1. The number of hydrogen-bond acceptors (Lipinski definition) is 3. The van der Waals surface area contributed by atoms with E-state index in [0.29, 0.717) is 24.4 Å². The maximum Gasteiger partial charge on any atom is 0.323 e. The maximum atomic E-state index is 13.5. The molecule has 0 bridgehead atoms. The highest BCUT2D eigenvalue weighted by atomic mass is 16.5. The number of ether oxygens (including phenoxy) is 1. The summed E-state index contributed by atoms with van der Waals surface area (Å²) >= 11 is 0. The molecular weight excluding hydrogens is 426 g/mol. The predicted molar refractivity (Wildman–Crippen MR) is 133 cm³/mol. The van der Waals surface area contributed by atoms with Gasteiger partial charge in [0, 0.05) is 16.9 Å². The van der Waals surface area contributed by atoms with Crippen molar-refractivity contribution < 1.29 is 14.3 Å². The minimum Gasteiger partial charge on any atom is -0.480 e. The molecule has 0 fully saturated rings. The lowest BCUT2D eigenvalue weighted by Crippen LogP contribution is -2.42. The van der Waals surface area contributed by atoms with Gasteiger partial charge < -0.3 is 20.3 Å². The van der Waals surface area contributed by atoms with E-state index in [1.54, 1.807) is 0 Å². The molecule has 3 amide bonds. The summed E-state index contributed by atoms with van der Waals surface area (Å²) in [7, 11) is 0. The van der Waals surface area contributed by atoms with Crippen LogP contribution in [0.2, 0.25) is 0 Å². The molecule has 174 valence electrons. The van der Waals surface area contributed by atoms with Crippen molar-refractivity contribution in [3.63, 3.8) is 0 Å². The molecule has 1 heterocycles. The summed E-state index contributed by atoms with van der Waals surface area (Å²) in [6.45, 7) is 2.42. The average molecular weight is 456 g/mol. The number of carbonyl (C=O) groups excluding carboxylic acids is 2. The first kappa shape index (κ1) is 22.0. The van der Waals surface area contributed by atoms with Crippen LogP contribution >= 0.6 is 0 Å². The first-order chi connectivity index (χ1) is 16.6. The van der Waals surface area contributed by atoms with Crippen LogP contribution in [0.1, 0.15) is 48.9 Å². The van der Waals surface area contributed by atoms with E-state index in [2.05, 4.69) is 34.9 Å². The smallest absolute Gasteiger partial charge is 0.323 e. The molecule has 6 nitrogen and oxygen atoms in total. The number of benzene rings is 3. The maximum absolute atomic E-state index is 13.5. The van der Waals surface area contributed by atoms with Crippen LogP contribution in [0, 0.1) is 0 Å². The number of amides is 3. The van der Waals surface area contributed by atoms with Crippen LogP contribution in [0.25, 0.3) is 0 Å². The molecular formula is C28H29N3O3. The van der Waals surface area contributed by atoms with Gasteiger partial charge in [-0.15, -0.1) is 0 Å². The Morgan fingerprint density at radius 2 is 1.74 bits per heavy atom. The SMILES string of the molecule is CC[C@H]1Oc2ccc(NC(=O)Nc3ccccc3)cc2CN([C@H]2CCCc3ccccc32)C1=O. The van der Waals surface area contributed by atoms with Crippen molar-refractivity contribution in [3.8, 4) is 5.75 Å². The molecule has 6 heteroatoms. The Bertz CT molecular complexity index is 1190. The topological polar surface area (TPSA) is 70.7 Å². The lowest BCUT2D eigenvalue weighted by molar-refractivity contribution is -0.141. The third-order valence-electron chi connectivity index (χ3n) is 6.60. The van der Waals surface area contributed by atoms with E-state index in [4.69, 9.17) is 4.74 Å². The largest absolute Gasteiger partial charge is 0.480 e. The van der Waals surface area contributed by atoms with Crippen LogP contribution in [-0.2, 0) is 17.8 Å². The highest BCUT2D eigenvalue weighted by Crippen LogP contribution is 2.39. The number of urea groups is 1. The second-order valence-electron chi connectivity index (χ2n) is 8.86. The minimum absolute atomic E-state index is 0.0248. The Labute approximate surface area is 199 Å². The zero-order chi connectivity index (χ0) is 23.5. The Morgan fingerprint density at radius 3 is 2.56 bits per heavy atom. The number of anilines is 2. The molecule has 0 saturated carbocycles. The lowest BCUT2D eigenvalue weighted by Gasteiger charge is -2.36. The highest BCUT2D eigenvalue weighted by molar-refractivity contribution is 5.99. The van der Waals surface area contributed by atoms with Gasteiger partial charge in [-0.05, 0) is 67.1 Å². The Morgan fingerprint density at radius 1 is 0.971 bits per heavy atom. The van der Waals surface area contributed by atoms with Crippen molar-refractivity contribution in [1.82, 2.24) is 4.90 Å². The van der Waals surface area contributed by atoms with Gasteiger partial charge in [-0.3, -0.25) is 4.79 Å². The summed E-state index contributed by atoms with van der Waals surface area (Å²) in [6.07, 6.45) is 3.12. The van der Waals surface area contributed by atoms with Crippen molar-refractivity contribution in [2.75, 3.05) is 10.6 Å². The summed E-state index contributed by atoms with van der Waals surface area (Å²) in [4.78, 5) is 28.0. The van der Waals surface area contributed by atoms with Gasteiger partial charge in [0.2, 0.25) is 0 Å². The number of hydrogen-bond donors (Lipinski definition) is 2. The first-order valence-corrected chi connectivity index (χ1v) is 11.9. The number of nitrogens with zero attached hydrogens (tertiary/aromatic N) is 1. The van der Waals surface area contributed by atoms with Crippen LogP contribution in [-0.4, -0.2) is 22.9 Å². The van der Waals surface area contributed by atoms with E-state index in [1.165, 1.54) is 11.1 Å².